The van der Waals surface area contributed by atoms with Gasteiger partial charge in [0.05, 0.1) is 12.7 Å². The Bertz CT molecular complexity index is 305. The zero-order chi connectivity index (χ0) is 13.3. The maximum atomic E-state index is 11.0. The Kier molecular flexibility index (Phi) is 7.41. The van der Waals surface area contributed by atoms with Crippen LogP contribution in [0.1, 0.15) is 20.8 Å². The van der Waals surface area contributed by atoms with Crippen LogP contribution in [0.5, 0.6) is 0 Å². The minimum absolute atomic E-state index is 0.221. The normalized spacial score (nSPS) is 10.4. The van der Waals surface area contributed by atoms with Gasteiger partial charge < -0.3 is 14.2 Å². The summed E-state index contributed by atoms with van der Waals surface area (Å²) in [7, 11) is 0. The van der Waals surface area contributed by atoms with E-state index in [2.05, 4.69) is 9.47 Å². The fraction of sp³-hybridized carbons (Fsp3) is 0.545. The van der Waals surface area contributed by atoms with E-state index in [4.69, 9.17) is 4.74 Å². The summed E-state index contributed by atoms with van der Waals surface area (Å²) in [4.78, 5) is 32.8. The molecule has 0 fully saturated rings. The zero-order valence-corrected chi connectivity index (χ0v) is 10.1. The van der Waals surface area contributed by atoms with Crippen molar-refractivity contribution < 1.29 is 28.6 Å². The fourth-order valence-electron chi connectivity index (χ4n) is 0.802. The van der Waals surface area contributed by atoms with Crippen LogP contribution in [-0.2, 0) is 28.6 Å². The highest BCUT2D eigenvalue weighted by Gasteiger charge is 2.08. The van der Waals surface area contributed by atoms with Gasteiger partial charge in [0.15, 0.2) is 6.61 Å². The van der Waals surface area contributed by atoms with Gasteiger partial charge in [-0.3, -0.25) is 0 Å². The number of ether oxygens (including phenoxy) is 3. The molecule has 0 aromatic carbocycles. The van der Waals surface area contributed by atoms with Crippen molar-refractivity contribution in [3.63, 3.8) is 0 Å². The standard InChI is InChI=1S/C11H16O6/c1-4-15-9(12)5-6-10(13)16-7-11(14)17-8(2)3/h5-6,8H,4,7H2,1-3H3/b6-5+. The van der Waals surface area contributed by atoms with Gasteiger partial charge in [-0.05, 0) is 20.8 Å². The molecule has 0 rings (SSSR count). The van der Waals surface area contributed by atoms with E-state index in [0.717, 1.165) is 12.2 Å². The van der Waals surface area contributed by atoms with Crippen molar-refractivity contribution in [3.05, 3.63) is 12.2 Å². The topological polar surface area (TPSA) is 78.9 Å². The molecule has 0 radical (unpaired) electrons. The SMILES string of the molecule is CCOC(=O)/C=C/C(=O)OCC(=O)OC(C)C. The first-order valence-electron chi connectivity index (χ1n) is 5.16. The minimum Gasteiger partial charge on any atom is -0.463 e. The molecule has 0 atom stereocenters. The molecule has 0 saturated heterocycles. The van der Waals surface area contributed by atoms with Crippen LogP contribution in [0.15, 0.2) is 12.2 Å². The van der Waals surface area contributed by atoms with E-state index in [1.165, 1.54) is 0 Å². The number of carbonyl (C=O) groups excluding carboxylic acids is 3. The molecular weight excluding hydrogens is 228 g/mol. The first kappa shape index (κ1) is 15.2. The maximum absolute atomic E-state index is 11.0. The van der Waals surface area contributed by atoms with Gasteiger partial charge in [0, 0.05) is 12.2 Å². The first-order chi connectivity index (χ1) is 7.95. The Balaban J connectivity index is 3.87. The van der Waals surface area contributed by atoms with E-state index in [1.807, 2.05) is 0 Å². The van der Waals surface area contributed by atoms with Crippen molar-refractivity contribution in [2.45, 2.75) is 26.9 Å². The Hall–Kier alpha value is -1.85. The van der Waals surface area contributed by atoms with Gasteiger partial charge >= 0.3 is 17.9 Å². The molecule has 0 spiro atoms. The van der Waals surface area contributed by atoms with E-state index in [0.29, 0.717) is 0 Å². The molecule has 0 aliphatic carbocycles. The molecule has 0 saturated carbocycles. The third kappa shape index (κ3) is 9.10. The quantitative estimate of drug-likeness (QED) is 0.387. The van der Waals surface area contributed by atoms with Gasteiger partial charge in [-0.1, -0.05) is 0 Å². The number of hydrogen-bond donors (Lipinski definition) is 0. The van der Waals surface area contributed by atoms with Gasteiger partial charge in [0.2, 0.25) is 0 Å². The van der Waals surface area contributed by atoms with E-state index in [1.54, 1.807) is 20.8 Å². The summed E-state index contributed by atoms with van der Waals surface area (Å²) in [6, 6.07) is 0. The summed E-state index contributed by atoms with van der Waals surface area (Å²) in [5.41, 5.74) is 0. The Morgan fingerprint density at radius 1 is 1.06 bits per heavy atom. The van der Waals surface area contributed by atoms with Gasteiger partial charge in [0.1, 0.15) is 0 Å². The predicted octanol–water partition coefficient (Wildman–Crippen LogP) is 0.600. The Morgan fingerprint density at radius 2 is 1.59 bits per heavy atom. The van der Waals surface area contributed by atoms with E-state index in [-0.39, 0.29) is 12.7 Å². The molecule has 6 heteroatoms. The second-order valence-corrected chi connectivity index (χ2v) is 3.23. The van der Waals surface area contributed by atoms with Crippen molar-refractivity contribution in [1.29, 1.82) is 0 Å². The molecule has 6 nitrogen and oxygen atoms in total. The monoisotopic (exact) mass is 244 g/mol. The van der Waals surface area contributed by atoms with Gasteiger partial charge in [0.25, 0.3) is 0 Å². The maximum Gasteiger partial charge on any atom is 0.344 e. The summed E-state index contributed by atoms with van der Waals surface area (Å²) < 4.78 is 13.8. The number of esters is 3. The number of hydrogen-bond acceptors (Lipinski definition) is 6. The Morgan fingerprint density at radius 3 is 2.06 bits per heavy atom. The van der Waals surface area contributed by atoms with Crippen LogP contribution in [0.4, 0.5) is 0 Å². The van der Waals surface area contributed by atoms with E-state index in [9.17, 15) is 14.4 Å². The lowest BCUT2D eigenvalue weighted by molar-refractivity contribution is -0.158. The molecule has 0 aromatic rings. The molecule has 0 N–H and O–H groups in total. The summed E-state index contributed by atoms with van der Waals surface area (Å²) in [5, 5.41) is 0. The average molecular weight is 244 g/mol. The molecule has 17 heavy (non-hydrogen) atoms. The fourth-order valence-corrected chi connectivity index (χ4v) is 0.802. The summed E-state index contributed by atoms with van der Waals surface area (Å²) in [5.74, 6) is -2.09. The molecule has 0 unspecified atom stereocenters. The largest absolute Gasteiger partial charge is 0.463 e. The lowest BCUT2D eigenvalue weighted by Gasteiger charge is -2.07. The minimum atomic E-state index is -0.807. The van der Waals surface area contributed by atoms with Crippen LogP contribution in [0.25, 0.3) is 0 Å². The molecule has 0 bridgehead atoms. The smallest absolute Gasteiger partial charge is 0.344 e. The molecule has 0 heterocycles. The van der Waals surface area contributed by atoms with Crippen molar-refractivity contribution in [3.8, 4) is 0 Å². The van der Waals surface area contributed by atoms with Crippen molar-refractivity contribution in [2.24, 2.45) is 0 Å². The van der Waals surface area contributed by atoms with Gasteiger partial charge in [-0.15, -0.1) is 0 Å². The highest BCUT2D eigenvalue weighted by Crippen LogP contribution is 1.91. The number of carbonyl (C=O) groups is 3. The second-order valence-electron chi connectivity index (χ2n) is 3.23. The van der Waals surface area contributed by atoms with Crippen LogP contribution in [0.3, 0.4) is 0 Å². The molecule has 0 aromatic heterocycles. The first-order valence-corrected chi connectivity index (χ1v) is 5.16. The molecule has 0 aliphatic heterocycles. The highest BCUT2D eigenvalue weighted by atomic mass is 16.6. The average Bonchev–Trinajstić information content (AvgIpc) is 2.23. The number of rotatable bonds is 6. The van der Waals surface area contributed by atoms with Crippen molar-refractivity contribution >= 4 is 17.9 Å². The lowest BCUT2D eigenvalue weighted by Crippen LogP contribution is -2.18. The molecule has 0 amide bonds. The molecule has 96 valence electrons. The third-order valence-electron chi connectivity index (χ3n) is 1.34. The second kappa shape index (κ2) is 8.32. The van der Waals surface area contributed by atoms with Crippen LogP contribution >= 0.6 is 0 Å². The summed E-state index contributed by atoms with van der Waals surface area (Å²) in [6.45, 7) is 4.75. The van der Waals surface area contributed by atoms with Crippen LogP contribution in [-0.4, -0.2) is 37.2 Å². The molecule has 0 aliphatic rings. The van der Waals surface area contributed by atoms with Crippen molar-refractivity contribution in [1.82, 2.24) is 0 Å². The van der Waals surface area contributed by atoms with Crippen LogP contribution in [0.2, 0.25) is 0 Å². The molecular formula is C11H16O6. The summed E-state index contributed by atoms with van der Waals surface area (Å²) in [6.07, 6.45) is 1.55. The van der Waals surface area contributed by atoms with E-state index < -0.39 is 24.5 Å². The Labute approximate surface area is 99.5 Å². The van der Waals surface area contributed by atoms with Gasteiger partial charge in [-0.25, -0.2) is 14.4 Å². The third-order valence-corrected chi connectivity index (χ3v) is 1.34. The highest BCUT2D eigenvalue weighted by molar-refractivity contribution is 5.92. The van der Waals surface area contributed by atoms with Crippen LogP contribution < -0.4 is 0 Å². The zero-order valence-electron chi connectivity index (χ0n) is 10.1. The van der Waals surface area contributed by atoms with Crippen LogP contribution in [0, 0.1) is 0 Å². The predicted molar refractivity (Wildman–Crippen MR) is 58.0 cm³/mol. The van der Waals surface area contributed by atoms with Gasteiger partial charge in [-0.2, -0.15) is 0 Å². The lowest BCUT2D eigenvalue weighted by atomic mass is 10.5. The van der Waals surface area contributed by atoms with Crippen molar-refractivity contribution in [2.75, 3.05) is 13.2 Å². The summed E-state index contributed by atoms with van der Waals surface area (Å²) >= 11 is 0. The van der Waals surface area contributed by atoms with E-state index >= 15 is 0 Å².